The maximum atomic E-state index is 12.4. The van der Waals surface area contributed by atoms with Gasteiger partial charge >= 0.3 is 11.9 Å². The molecule has 1 fully saturated rings. The number of hydrogen-bond acceptors (Lipinski definition) is 5. The van der Waals surface area contributed by atoms with Crippen LogP contribution in [0.15, 0.2) is 4.99 Å². The first kappa shape index (κ1) is 22.7. The first-order valence-electron chi connectivity index (χ1n) is 10.8. The Balaban J connectivity index is 2.04. The molecule has 1 N–H and O–H groups in total. The molecular weight excluding hydrogens is 358 g/mol. The Labute approximate surface area is 169 Å². The van der Waals surface area contributed by atoms with Gasteiger partial charge < -0.3 is 14.6 Å². The van der Waals surface area contributed by atoms with E-state index in [9.17, 15) is 14.7 Å². The van der Waals surface area contributed by atoms with Gasteiger partial charge in [-0.3, -0.25) is 4.79 Å². The van der Waals surface area contributed by atoms with Crippen molar-refractivity contribution in [1.29, 1.82) is 0 Å². The molecule has 2 aliphatic rings. The van der Waals surface area contributed by atoms with Crippen molar-refractivity contribution in [2.45, 2.75) is 103 Å². The summed E-state index contributed by atoms with van der Waals surface area (Å²) < 4.78 is 11.2. The van der Waals surface area contributed by atoms with Crippen LogP contribution in [0.3, 0.4) is 0 Å². The van der Waals surface area contributed by atoms with Gasteiger partial charge in [0.1, 0.15) is 12.2 Å². The van der Waals surface area contributed by atoms with Crippen LogP contribution in [-0.2, 0) is 19.1 Å². The Bertz CT molecular complexity index is 574. The molecule has 28 heavy (non-hydrogen) atoms. The minimum Gasteiger partial charge on any atom is -0.479 e. The number of aliphatic imine (C=N–C) groups is 1. The van der Waals surface area contributed by atoms with Gasteiger partial charge in [-0.25, -0.2) is 9.79 Å². The van der Waals surface area contributed by atoms with E-state index in [1.54, 1.807) is 6.92 Å². The van der Waals surface area contributed by atoms with Crippen LogP contribution in [0.1, 0.15) is 91.9 Å². The van der Waals surface area contributed by atoms with Gasteiger partial charge in [0.15, 0.2) is 11.4 Å². The molecule has 160 valence electrons. The van der Waals surface area contributed by atoms with Crippen molar-refractivity contribution in [2.24, 2.45) is 16.8 Å². The molecule has 1 heterocycles. The Hall–Kier alpha value is -1.59. The number of carbonyl (C=O) groups excluding carboxylic acids is 1. The van der Waals surface area contributed by atoms with Gasteiger partial charge in [-0.05, 0) is 39.5 Å². The van der Waals surface area contributed by atoms with Gasteiger partial charge in [-0.2, -0.15) is 0 Å². The van der Waals surface area contributed by atoms with Gasteiger partial charge in [-0.15, -0.1) is 0 Å². The lowest BCUT2D eigenvalue weighted by Gasteiger charge is -2.24. The third-order valence-electron chi connectivity index (χ3n) is 5.84. The molecule has 0 bridgehead atoms. The summed E-state index contributed by atoms with van der Waals surface area (Å²) in [6.07, 6.45) is 10.0. The van der Waals surface area contributed by atoms with Gasteiger partial charge in [0.25, 0.3) is 0 Å². The maximum absolute atomic E-state index is 12.4. The topological polar surface area (TPSA) is 85.2 Å². The Morgan fingerprint density at radius 3 is 2.50 bits per heavy atom. The van der Waals surface area contributed by atoms with E-state index in [0.29, 0.717) is 12.3 Å². The zero-order chi connectivity index (χ0) is 20.8. The number of aliphatic carboxylic acids is 1. The largest absolute Gasteiger partial charge is 0.479 e. The number of esters is 1. The Morgan fingerprint density at radius 1 is 1.29 bits per heavy atom. The minimum atomic E-state index is -1.22. The number of hydrogen-bond donors (Lipinski definition) is 1. The van der Waals surface area contributed by atoms with Crippen molar-refractivity contribution in [3.63, 3.8) is 0 Å². The number of rotatable bonds is 9. The molecule has 6 nitrogen and oxygen atoms in total. The Morgan fingerprint density at radius 2 is 1.96 bits per heavy atom. The van der Waals surface area contributed by atoms with E-state index in [1.165, 1.54) is 32.1 Å². The first-order chi connectivity index (χ1) is 13.1. The highest BCUT2D eigenvalue weighted by atomic mass is 16.6. The van der Waals surface area contributed by atoms with Gasteiger partial charge in [0.2, 0.25) is 0 Å². The van der Waals surface area contributed by atoms with E-state index in [-0.39, 0.29) is 24.9 Å². The molecule has 0 amide bonds. The van der Waals surface area contributed by atoms with Crippen LogP contribution in [0.25, 0.3) is 0 Å². The number of carboxylic acids is 1. The zero-order valence-electron chi connectivity index (χ0n) is 18.0. The minimum absolute atomic E-state index is 0.0433. The highest BCUT2D eigenvalue weighted by Crippen LogP contribution is 2.32. The van der Waals surface area contributed by atoms with Crippen LogP contribution in [0, 0.1) is 11.8 Å². The molecule has 0 saturated heterocycles. The van der Waals surface area contributed by atoms with Crippen molar-refractivity contribution in [2.75, 3.05) is 6.61 Å². The fourth-order valence-electron chi connectivity index (χ4n) is 4.15. The quantitative estimate of drug-likeness (QED) is 0.570. The summed E-state index contributed by atoms with van der Waals surface area (Å²) in [4.78, 5) is 28.5. The molecule has 0 aromatic heterocycles. The van der Waals surface area contributed by atoms with E-state index in [2.05, 4.69) is 4.99 Å². The normalized spacial score (nSPS) is 24.4. The fourth-order valence-corrected chi connectivity index (χ4v) is 4.15. The van der Waals surface area contributed by atoms with Gasteiger partial charge in [-0.1, -0.05) is 51.9 Å². The summed E-state index contributed by atoms with van der Waals surface area (Å²) in [6, 6.07) is 0. The Kier molecular flexibility index (Phi) is 7.90. The predicted octanol–water partition coefficient (Wildman–Crippen LogP) is 4.75. The molecule has 1 saturated carbocycles. The molecule has 0 aromatic rings. The predicted molar refractivity (Wildman–Crippen MR) is 108 cm³/mol. The standard InChI is InChI=1S/C22H37NO5/c1-5-22(20(25)26)15-27-19(23-22)17(14-18(24)28-21(2,3)4)13-9-12-16-10-7-6-8-11-16/h16-17H,5-15H2,1-4H3,(H,25,26)/t17-,22+/m1/s1. The monoisotopic (exact) mass is 395 g/mol. The molecule has 6 heteroatoms. The summed E-state index contributed by atoms with van der Waals surface area (Å²) in [5, 5.41) is 9.57. The molecular formula is C22H37NO5. The average molecular weight is 396 g/mol. The molecule has 0 unspecified atom stereocenters. The van der Waals surface area contributed by atoms with E-state index >= 15 is 0 Å². The molecule has 0 aromatic carbocycles. The van der Waals surface area contributed by atoms with Crippen LogP contribution >= 0.6 is 0 Å². The number of carboxylic acid groups (broad SMARTS) is 1. The summed E-state index contributed by atoms with van der Waals surface area (Å²) >= 11 is 0. The smallest absolute Gasteiger partial charge is 0.335 e. The second kappa shape index (κ2) is 9.75. The van der Waals surface area contributed by atoms with Crippen molar-refractivity contribution < 1.29 is 24.2 Å². The SMILES string of the molecule is CC[C@@]1(C(=O)O)COC([C@H](CCCC2CCCCC2)CC(=O)OC(C)(C)C)=N1. The third-order valence-corrected chi connectivity index (χ3v) is 5.84. The fraction of sp³-hybridized carbons (Fsp3) is 0.864. The highest BCUT2D eigenvalue weighted by molar-refractivity contribution is 5.91. The maximum Gasteiger partial charge on any atom is 0.335 e. The molecule has 0 spiro atoms. The molecule has 2 rings (SSSR count). The summed E-state index contributed by atoms with van der Waals surface area (Å²) in [5.74, 6) is -0.282. The van der Waals surface area contributed by atoms with E-state index in [0.717, 1.165) is 25.2 Å². The van der Waals surface area contributed by atoms with Crippen LogP contribution < -0.4 is 0 Å². The van der Waals surface area contributed by atoms with Crippen LogP contribution in [0.2, 0.25) is 0 Å². The number of nitrogens with zero attached hydrogens (tertiary/aromatic N) is 1. The van der Waals surface area contributed by atoms with E-state index in [1.807, 2.05) is 20.8 Å². The van der Waals surface area contributed by atoms with Crippen molar-refractivity contribution in [3.8, 4) is 0 Å². The van der Waals surface area contributed by atoms with Crippen molar-refractivity contribution in [1.82, 2.24) is 0 Å². The summed E-state index contributed by atoms with van der Waals surface area (Å²) in [7, 11) is 0. The highest BCUT2D eigenvalue weighted by Gasteiger charge is 2.44. The lowest BCUT2D eigenvalue weighted by molar-refractivity contribution is -0.155. The van der Waals surface area contributed by atoms with Crippen molar-refractivity contribution in [3.05, 3.63) is 0 Å². The molecule has 2 atom stereocenters. The van der Waals surface area contributed by atoms with E-state index in [4.69, 9.17) is 9.47 Å². The van der Waals surface area contributed by atoms with Gasteiger partial charge in [0.05, 0.1) is 6.42 Å². The van der Waals surface area contributed by atoms with Crippen LogP contribution in [-0.4, -0.2) is 40.7 Å². The summed E-state index contributed by atoms with van der Waals surface area (Å²) in [6.45, 7) is 7.38. The van der Waals surface area contributed by atoms with Gasteiger partial charge in [0, 0.05) is 5.92 Å². The number of carbonyl (C=O) groups is 2. The summed E-state index contributed by atoms with van der Waals surface area (Å²) in [5.41, 5.74) is -1.76. The lowest BCUT2D eigenvalue weighted by atomic mass is 9.84. The number of ether oxygens (including phenoxy) is 2. The van der Waals surface area contributed by atoms with Crippen molar-refractivity contribution >= 4 is 17.8 Å². The van der Waals surface area contributed by atoms with Crippen LogP contribution in [0.5, 0.6) is 0 Å². The molecule has 1 aliphatic carbocycles. The second-order valence-electron chi connectivity index (χ2n) is 9.35. The average Bonchev–Trinajstić information content (AvgIpc) is 3.06. The first-order valence-corrected chi connectivity index (χ1v) is 10.8. The van der Waals surface area contributed by atoms with E-state index < -0.39 is 17.1 Å². The zero-order valence-corrected chi connectivity index (χ0v) is 18.0. The lowest BCUT2D eigenvalue weighted by Crippen LogP contribution is -2.37. The third kappa shape index (κ3) is 6.49. The molecule has 0 radical (unpaired) electrons. The van der Waals surface area contributed by atoms with Crippen LogP contribution in [0.4, 0.5) is 0 Å². The molecule has 1 aliphatic heterocycles. The second-order valence-corrected chi connectivity index (χ2v) is 9.35.